The zero-order chi connectivity index (χ0) is 12.3. The van der Waals surface area contributed by atoms with Crippen LogP contribution in [0.5, 0.6) is 0 Å². The molecule has 1 aliphatic heterocycles. The lowest BCUT2D eigenvalue weighted by Gasteiger charge is -2.27. The first-order valence-corrected chi connectivity index (χ1v) is 7.08. The number of carbonyl (C=O) groups excluding carboxylic acids is 1. The minimum atomic E-state index is 0. The summed E-state index contributed by atoms with van der Waals surface area (Å²) in [6.07, 6.45) is 3.33. The fraction of sp³-hybridized carbons (Fsp3) is 0.615. The molecule has 2 heterocycles. The summed E-state index contributed by atoms with van der Waals surface area (Å²) >= 11 is 1.73. The van der Waals surface area contributed by atoms with Crippen molar-refractivity contribution in [1.82, 2.24) is 10.2 Å². The summed E-state index contributed by atoms with van der Waals surface area (Å²) in [6, 6.07) is 2.14. The van der Waals surface area contributed by atoms with Gasteiger partial charge in [-0.25, -0.2) is 0 Å². The molecule has 1 amide bonds. The van der Waals surface area contributed by atoms with E-state index in [2.05, 4.69) is 23.7 Å². The number of hydrogen-bond acceptors (Lipinski definition) is 3. The number of hydrogen-bond donors (Lipinski definition) is 1. The number of aryl methyl sites for hydroxylation is 1. The van der Waals surface area contributed by atoms with E-state index in [1.807, 2.05) is 11.9 Å². The Hall–Kier alpha value is -0.580. The average Bonchev–Trinajstić information content (AvgIpc) is 2.75. The van der Waals surface area contributed by atoms with E-state index in [9.17, 15) is 4.79 Å². The van der Waals surface area contributed by atoms with Gasteiger partial charge in [0.2, 0.25) is 5.91 Å². The number of amides is 1. The van der Waals surface area contributed by atoms with Crippen molar-refractivity contribution in [2.45, 2.75) is 38.8 Å². The molecule has 0 bridgehead atoms. The third-order valence-electron chi connectivity index (χ3n) is 3.33. The fourth-order valence-electron chi connectivity index (χ4n) is 2.19. The largest absolute Gasteiger partial charge is 0.339 e. The van der Waals surface area contributed by atoms with Crippen molar-refractivity contribution in [3.63, 3.8) is 0 Å². The van der Waals surface area contributed by atoms with Crippen LogP contribution >= 0.6 is 23.7 Å². The van der Waals surface area contributed by atoms with Crippen molar-refractivity contribution < 1.29 is 4.79 Å². The number of carbonyl (C=O) groups is 1. The molecule has 1 N–H and O–H groups in total. The van der Waals surface area contributed by atoms with Crippen LogP contribution in [0.15, 0.2) is 11.4 Å². The second kappa shape index (κ2) is 7.12. The van der Waals surface area contributed by atoms with E-state index in [0.29, 0.717) is 0 Å². The summed E-state index contributed by atoms with van der Waals surface area (Å²) in [5.41, 5.74) is 1.28. The monoisotopic (exact) mass is 288 g/mol. The molecule has 0 aliphatic carbocycles. The molecule has 1 atom stereocenters. The van der Waals surface area contributed by atoms with E-state index in [0.717, 1.165) is 25.9 Å². The Morgan fingerprint density at radius 2 is 2.33 bits per heavy atom. The van der Waals surface area contributed by atoms with Gasteiger partial charge in [0.15, 0.2) is 0 Å². The molecule has 1 aliphatic rings. The second-order valence-corrected chi connectivity index (χ2v) is 5.72. The van der Waals surface area contributed by atoms with Crippen molar-refractivity contribution in [2.75, 3.05) is 13.6 Å². The lowest BCUT2D eigenvalue weighted by atomic mass is 10.0. The predicted octanol–water partition coefficient (Wildman–Crippen LogP) is 2.58. The lowest BCUT2D eigenvalue weighted by molar-refractivity contribution is -0.133. The summed E-state index contributed by atoms with van der Waals surface area (Å²) in [7, 11) is 1.90. The molecular weight excluding hydrogens is 268 g/mol. The molecule has 18 heavy (non-hydrogen) atoms. The molecule has 102 valence electrons. The molecule has 0 spiro atoms. The van der Waals surface area contributed by atoms with Crippen LogP contribution < -0.4 is 5.32 Å². The van der Waals surface area contributed by atoms with Crippen LogP contribution in [-0.4, -0.2) is 30.4 Å². The normalized spacial score (nSPS) is 19.1. The van der Waals surface area contributed by atoms with Crippen molar-refractivity contribution in [3.05, 3.63) is 21.9 Å². The third-order valence-corrected chi connectivity index (χ3v) is 4.34. The highest BCUT2D eigenvalue weighted by Crippen LogP contribution is 2.18. The maximum atomic E-state index is 12.2. The highest BCUT2D eigenvalue weighted by Gasteiger charge is 2.23. The smallest absolute Gasteiger partial charge is 0.239 e. The van der Waals surface area contributed by atoms with Gasteiger partial charge in [-0.05, 0) is 43.3 Å². The molecule has 0 unspecified atom stereocenters. The Kier molecular flexibility index (Phi) is 6.12. The van der Waals surface area contributed by atoms with E-state index in [1.54, 1.807) is 11.3 Å². The first-order chi connectivity index (χ1) is 8.18. The van der Waals surface area contributed by atoms with Crippen LogP contribution in [0.3, 0.4) is 0 Å². The van der Waals surface area contributed by atoms with Gasteiger partial charge < -0.3 is 10.2 Å². The number of rotatable bonds is 3. The summed E-state index contributed by atoms with van der Waals surface area (Å²) in [5, 5.41) is 5.39. The van der Waals surface area contributed by atoms with E-state index in [4.69, 9.17) is 0 Å². The number of halogens is 1. The van der Waals surface area contributed by atoms with Gasteiger partial charge in [-0.15, -0.1) is 23.7 Å². The van der Waals surface area contributed by atoms with E-state index in [1.165, 1.54) is 16.9 Å². The number of nitrogens with zero attached hydrogens (tertiary/aromatic N) is 1. The van der Waals surface area contributed by atoms with Gasteiger partial charge in [-0.2, -0.15) is 0 Å². The van der Waals surface area contributed by atoms with Crippen LogP contribution in [0, 0.1) is 6.92 Å². The fourth-order valence-corrected chi connectivity index (χ4v) is 3.15. The molecule has 3 nitrogen and oxygen atoms in total. The van der Waals surface area contributed by atoms with Gasteiger partial charge in [0.1, 0.15) is 0 Å². The van der Waals surface area contributed by atoms with Gasteiger partial charge in [0.25, 0.3) is 0 Å². The molecule has 0 saturated carbocycles. The minimum Gasteiger partial charge on any atom is -0.339 e. The first kappa shape index (κ1) is 15.5. The first-order valence-electron chi connectivity index (χ1n) is 6.20. The predicted molar refractivity (Wildman–Crippen MR) is 78.4 cm³/mol. The molecule has 5 heteroatoms. The van der Waals surface area contributed by atoms with Crippen molar-refractivity contribution in [2.24, 2.45) is 0 Å². The second-order valence-electron chi connectivity index (χ2n) is 4.72. The van der Waals surface area contributed by atoms with Crippen molar-refractivity contribution >= 4 is 29.7 Å². The van der Waals surface area contributed by atoms with Crippen LogP contribution in [0.4, 0.5) is 0 Å². The number of thiophene rings is 1. The number of nitrogens with one attached hydrogen (secondary N) is 1. The summed E-state index contributed by atoms with van der Waals surface area (Å²) in [5.74, 6) is 0.234. The van der Waals surface area contributed by atoms with Gasteiger partial charge in [0.05, 0.1) is 12.6 Å². The molecule has 2 rings (SSSR count). The van der Waals surface area contributed by atoms with E-state index < -0.39 is 0 Å². The van der Waals surface area contributed by atoms with E-state index >= 15 is 0 Å². The maximum absolute atomic E-state index is 12.2. The van der Waals surface area contributed by atoms with Crippen LogP contribution in [0.2, 0.25) is 0 Å². The van der Waals surface area contributed by atoms with Gasteiger partial charge in [-0.1, -0.05) is 6.42 Å². The Labute approximate surface area is 119 Å². The Balaban J connectivity index is 0.00000162. The highest BCUT2D eigenvalue weighted by atomic mass is 35.5. The van der Waals surface area contributed by atoms with E-state index in [-0.39, 0.29) is 24.4 Å². The molecular formula is C13H21ClN2OS. The molecule has 1 aromatic heterocycles. The summed E-state index contributed by atoms with van der Waals surface area (Å²) in [4.78, 5) is 15.3. The van der Waals surface area contributed by atoms with Crippen molar-refractivity contribution in [1.29, 1.82) is 0 Å². The third kappa shape index (κ3) is 3.70. The minimum absolute atomic E-state index is 0. The maximum Gasteiger partial charge on any atom is 0.239 e. The topological polar surface area (TPSA) is 32.3 Å². The van der Waals surface area contributed by atoms with Gasteiger partial charge in [-0.3, -0.25) is 4.79 Å². The molecule has 1 saturated heterocycles. The summed E-state index contributed by atoms with van der Waals surface area (Å²) < 4.78 is 0. The SMILES string of the molecule is Cc1ccsc1CN(C)C(=O)[C@H]1CCCCN1.Cl. The Morgan fingerprint density at radius 1 is 1.56 bits per heavy atom. The zero-order valence-electron chi connectivity index (χ0n) is 10.9. The summed E-state index contributed by atoms with van der Waals surface area (Å²) in [6.45, 7) is 3.81. The quantitative estimate of drug-likeness (QED) is 0.927. The van der Waals surface area contributed by atoms with Crippen LogP contribution in [0.25, 0.3) is 0 Å². The number of piperidine rings is 1. The lowest BCUT2D eigenvalue weighted by Crippen LogP contribution is -2.46. The molecule has 1 fully saturated rings. The zero-order valence-corrected chi connectivity index (χ0v) is 12.6. The Bertz CT molecular complexity index is 388. The number of likely N-dealkylation sites (N-methyl/N-ethyl adjacent to an activating group) is 1. The molecule has 1 aromatic rings. The van der Waals surface area contributed by atoms with Gasteiger partial charge >= 0.3 is 0 Å². The van der Waals surface area contributed by atoms with Gasteiger partial charge in [0, 0.05) is 11.9 Å². The molecule has 0 aromatic carbocycles. The highest BCUT2D eigenvalue weighted by molar-refractivity contribution is 7.10. The standard InChI is InChI=1S/C13H20N2OS.ClH/c1-10-6-8-17-12(10)9-15(2)13(16)11-5-3-4-7-14-11;/h6,8,11,14H,3-5,7,9H2,1-2H3;1H/t11-;/m1./s1. The van der Waals surface area contributed by atoms with Crippen LogP contribution in [0.1, 0.15) is 29.7 Å². The Morgan fingerprint density at radius 3 is 2.89 bits per heavy atom. The van der Waals surface area contributed by atoms with Crippen molar-refractivity contribution in [3.8, 4) is 0 Å². The average molecular weight is 289 g/mol. The molecule has 0 radical (unpaired) electrons. The van der Waals surface area contributed by atoms with Crippen LogP contribution in [-0.2, 0) is 11.3 Å².